The second-order valence-electron chi connectivity index (χ2n) is 4.97. The summed E-state index contributed by atoms with van der Waals surface area (Å²) >= 11 is 4.74. The van der Waals surface area contributed by atoms with Crippen LogP contribution in [0.5, 0.6) is 5.75 Å². The molecule has 1 aromatic rings. The summed E-state index contributed by atoms with van der Waals surface area (Å²) in [6, 6.07) is 7.06. The molecule has 0 bridgehead atoms. The van der Waals surface area contributed by atoms with Crippen molar-refractivity contribution in [1.82, 2.24) is 0 Å². The lowest BCUT2D eigenvalue weighted by Gasteiger charge is -2.22. The number of thiocarbonyl (C=S) groups is 1. The Bertz CT molecular complexity index is 489. The molecule has 0 heterocycles. The minimum atomic E-state index is -0.496. The first-order valence-corrected chi connectivity index (χ1v) is 6.59. The highest BCUT2D eigenvalue weighted by Gasteiger charge is 2.21. The first-order valence-electron chi connectivity index (χ1n) is 6.18. The largest absolute Gasteiger partial charge is 0.486 e. The molecule has 0 saturated carbocycles. The SMILES string of the molecule is COC(C)(C)CC(=O)Nc1cccc(OCC(N)=S)c1. The van der Waals surface area contributed by atoms with E-state index in [0.29, 0.717) is 11.4 Å². The van der Waals surface area contributed by atoms with Crippen molar-refractivity contribution in [2.45, 2.75) is 25.9 Å². The molecule has 1 aromatic carbocycles. The predicted molar refractivity (Wildman–Crippen MR) is 83.1 cm³/mol. The molecule has 0 aromatic heterocycles. The van der Waals surface area contributed by atoms with Crippen molar-refractivity contribution >= 4 is 28.8 Å². The van der Waals surface area contributed by atoms with Gasteiger partial charge < -0.3 is 20.5 Å². The van der Waals surface area contributed by atoms with Crippen molar-refractivity contribution < 1.29 is 14.3 Å². The molecule has 0 fully saturated rings. The quantitative estimate of drug-likeness (QED) is 0.754. The van der Waals surface area contributed by atoms with Gasteiger partial charge in [-0.3, -0.25) is 4.79 Å². The lowest BCUT2D eigenvalue weighted by atomic mass is 10.0. The zero-order chi connectivity index (χ0) is 15.2. The number of methoxy groups -OCH3 is 1. The van der Waals surface area contributed by atoms with Crippen molar-refractivity contribution in [3.05, 3.63) is 24.3 Å². The van der Waals surface area contributed by atoms with Crippen molar-refractivity contribution in [2.75, 3.05) is 19.0 Å². The van der Waals surface area contributed by atoms with E-state index in [-0.39, 0.29) is 23.9 Å². The van der Waals surface area contributed by atoms with Gasteiger partial charge in [-0.1, -0.05) is 18.3 Å². The van der Waals surface area contributed by atoms with Crippen LogP contribution >= 0.6 is 12.2 Å². The number of carbonyl (C=O) groups excluding carboxylic acids is 1. The number of amides is 1. The average molecular weight is 296 g/mol. The molecule has 0 saturated heterocycles. The molecule has 20 heavy (non-hydrogen) atoms. The topological polar surface area (TPSA) is 73.6 Å². The number of nitrogens with two attached hydrogens (primary N) is 1. The molecule has 0 radical (unpaired) electrons. The van der Waals surface area contributed by atoms with Crippen LogP contribution in [0.2, 0.25) is 0 Å². The van der Waals surface area contributed by atoms with Gasteiger partial charge in [-0.2, -0.15) is 0 Å². The van der Waals surface area contributed by atoms with Crippen LogP contribution < -0.4 is 15.8 Å². The number of nitrogens with one attached hydrogen (secondary N) is 1. The van der Waals surface area contributed by atoms with Gasteiger partial charge >= 0.3 is 0 Å². The Morgan fingerprint density at radius 1 is 1.45 bits per heavy atom. The fourth-order valence-electron chi connectivity index (χ4n) is 1.48. The Balaban J connectivity index is 2.61. The van der Waals surface area contributed by atoms with Crippen LogP contribution in [0.15, 0.2) is 24.3 Å². The number of rotatable bonds is 7. The van der Waals surface area contributed by atoms with Gasteiger partial charge in [0.25, 0.3) is 0 Å². The van der Waals surface area contributed by atoms with E-state index in [0.717, 1.165) is 0 Å². The Hall–Kier alpha value is -1.66. The molecule has 0 unspecified atom stereocenters. The van der Waals surface area contributed by atoms with E-state index in [4.69, 9.17) is 27.4 Å². The fourth-order valence-corrected chi connectivity index (χ4v) is 1.54. The van der Waals surface area contributed by atoms with E-state index in [9.17, 15) is 4.79 Å². The highest BCUT2D eigenvalue weighted by Crippen LogP contribution is 2.19. The van der Waals surface area contributed by atoms with Crippen molar-refractivity contribution in [3.8, 4) is 5.75 Å². The molecule has 1 rings (SSSR count). The van der Waals surface area contributed by atoms with Crippen LogP contribution in [0, 0.1) is 0 Å². The van der Waals surface area contributed by atoms with E-state index in [1.54, 1.807) is 31.4 Å². The zero-order valence-electron chi connectivity index (χ0n) is 11.9. The Morgan fingerprint density at radius 3 is 2.75 bits per heavy atom. The summed E-state index contributed by atoms with van der Waals surface area (Å²) in [5, 5.41) is 2.80. The van der Waals surface area contributed by atoms with Crippen LogP contribution in [0.1, 0.15) is 20.3 Å². The Kier molecular flexibility index (Phi) is 5.91. The van der Waals surface area contributed by atoms with Crippen LogP contribution in [-0.4, -0.2) is 30.2 Å². The minimum absolute atomic E-state index is 0.122. The van der Waals surface area contributed by atoms with E-state index >= 15 is 0 Å². The highest BCUT2D eigenvalue weighted by atomic mass is 32.1. The van der Waals surface area contributed by atoms with E-state index in [1.807, 2.05) is 13.8 Å². The molecule has 0 aliphatic heterocycles. The van der Waals surface area contributed by atoms with Gasteiger partial charge in [-0.05, 0) is 26.0 Å². The molecular weight excluding hydrogens is 276 g/mol. The summed E-state index contributed by atoms with van der Waals surface area (Å²) in [6.45, 7) is 3.88. The number of hydrogen-bond donors (Lipinski definition) is 2. The maximum absolute atomic E-state index is 11.9. The molecule has 5 nitrogen and oxygen atoms in total. The molecular formula is C14H20N2O3S. The fraction of sp³-hybridized carbons (Fsp3) is 0.429. The molecule has 110 valence electrons. The van der Waals surface area contributed by atoms with Gasteiger partial charge in [0, 0.05) is 18.9 Å². The number of anilines is 1. The van der Waals surface area contributed by atoms with E-state index in [1.165, 1.54) is 0 Å². The zero-order valence-corrected chi connectivity index (χ0v) is 12.8. The number of hydrogen-bond acceptors (Lipinski definition) is 4. The van der Waals surface area contributed by atoms with Gasteiger partial charge in [-0.25, -0.2) is 0 Å². The average Bonchev–Trinajstić information content (AvgIpc) is 2.36. The summed E-state index contributed by atoms with van der Waals surface area (Å²) in [5.74, 6) is 0.477. The standard InChI is InChI=1S/C14H20N2O3S/c1-14(2,18-3)8-13(17)16-10-5-4-6-11(7-10)19-9-12(15)20/h4-7H,8-9H2,1-3H3,(H2,15,20)(H,16,17). The van der Waals surface area contributed by atoms with Crippen LogP contribution in [0.25, 0.3) is 0 Å². The molecule has 0 aliphatic carbocycles. The van der Waals surface area contributed by atoms with Crippen LogP contribution in [-0.2, 0) is 9.53 Å². The second kappa shape index (κ2) is 7.21. The molecule has 6 heteroatoms. The van der Waals surface area contributed by atoms with Crippen LogP contribution in [0.3, 0.4) is 0 Å². The van der Waals surface area contributed by atoms with Crippen molar-refractivity contribution in [3.63, 3.8) is 0 Å². The molecule has 0 spiro atoms. The first kappa shape index (κ1) is 16.4. The third-order valence-corrected chi connectivity index (χ3v) is 2.76. The van der Waals surface area contributed by atoms with E-state index in [2.05, 4.69) is 5.32 Å². The van der Waals surface area contributed by atoms with Gasteiger partial charge in [0.05, 0.1) is 12.0 Å². The maximum Gasteiger partial charge on any atom is 0.227 e. The molecule has 1 amide bonds. The smallest absolute Gasteiger partial charge is 0.227 e. The van der Waals surface area contributed by atoms with Gasteiger partial charge in [0.1, 0.15) is 17.3 Å². The number of ether oxygens (including phenoxy) is 2. The third kappa shape index (κ3) is 5.99. The molecule has 3 N–H and O–H groups in total. The van der Waals surface area contributed by atoms with Gasteiger partial charge in [-0.15, -0.1) is 0 Å². The first-order chi connectivity index (χ1) is 9.32. The Morgan fingerprint density at radius 2 is 2.15 bits per heavy atom. The van der Waals surface area contributed by atoms with Crippen molar-refractivity contribution in [1.29, 1.82) is 0 Å². The van der Waals surface area contributed by atoms with E-state index < -0.39 is 5.60 Å². The summed E-state index contributed by atoms with van der Waals surface area (Å²) < 4.78 is 10.6. The summed E-state index contributed by atoms with van der Waals surface area (Å²) in [7, 11) is 1.58. The maximum atomic E-state index is 11.9. The second-order valence-corrected chi connectivity index (χ2v) is 5.50. The summed E-state index contributed by atoms with van der Waals surface area (Å²) in [6.07, 6.45) is 0.265. The molecule has 0 aliphatic rings. The summed E-state index contributed by atoms with van der Waals surface area (Å²) in [5.41, 5.74) is 5.53. The van der Waals surface area contributed by atoms with Gasteiger partial charge in [0.2, 0.25) is 5.91 Å². The van der Waals surface area contributed by atoms with Crippen molar-refractivity contribution in [2.24, 2.45) is 5.73 Å². The highest BCUT2D eigenvalue weighted by molar-refractivity contribution is 7.80. The lowest BCUT2D eigenvalue weighted by molar-refractivity contribution is -0.121. The Labute approximate surface area is 124 Å². The lowest BCUT2D eigenvalue weighted by Crippen LogP contribution is -2.29. The summed E-state index contributed by atoms with van der Waals surface area (Å²) in [4.78, 5) is 12.2. The number of carbonyl (C=O) groups is 1. The minimum Gasteiger partial charge on any atom is -0.486 e. The molecule has 0 atom stereocenters. The predicted octanol–water partition coefficient (Wildman–Crippen LogP) is 2.11. The van der Waals surface area contributed by atoms with Crippen LogP contribution in [0.4, 0.5) is 5.69 Å². The third-order valence-electron chi connectivity index (χ3n) is 2.64. The monoisotopic (exact) mass is 296 g/mol. The van der Waals surface area contributed by atoms with Gasteiger partial charge in [0.15, 0.2) is 0 Å². The number of benzene rings is 1. The normalized spacial score (nSPS) is 10.9.